The highest BCUT2D eigenvalue weighted by Gasteiger charge is 2.37. The Labute approximate surface area is 165 Å². The van der Waals surface area contributed by atoms with Crippen molar-refractivity contribution in [3.8, 4) is 5.75 Å². The predicted octanol–water partition coefficient (Wildman–Crippen LogP) is 3.32. The first-order valence-corrected chi connectivity index (χ1v) is 10.1. The highest BCUT2D eigenvalue weighted by molar-refractivity contribution is 7.94. The Balaban J connectivity index is 1.90. The monoisotopic (exact) mass is 428 g/mol. The molecule has 0 unspecified atom stereocenters. The molecular weight excluding hydrogens is 415 g/mol. The summed E-state index contributed by atoms with van der Waals surface area (Å²) in [5, 5.41) is 3.02. The van der Waals surface area contributed by atoms with E-state index in [4.69, 9.17) is 27.9 Å². The second kappa shape index (κ2) is 7.38. The molecule has 2 aromatic carbocycles. The summed E-state index contributed by atoms with van der Waals surface area (Å²) in [6, 6.07) is 8.79. The molecule has 0 aliphatic carbocycles. The fourth-order valence-electron chi connectivity index (χ4n) is 2.61. The van der Waals surface area contributed by atoms with Crippen LogP contribution >= 0.6 is 23.2 Å². The molecule has 7 nitrogen and oxygen atoms in total. The fraction of sp³-hybridized carbons (Fsp3) is 0.176. The van der Waals surface area contributed by atoms with E-state index in [1.165, 1.54) is 31.4 Å². The molecule has 1 aliphatic rings. The SMILES string of the molecule is COc1ccc(NC(=O)c2ccc(Cl)c(N3C(=O)CCS3(=O)=O)c2)cc1Cl. The van der Waals surface area contributed by atoms with Crippen LogP contribution < -0.4 is 14.4 Å². The van der Waals surface area contributed by atoms with Crippen LogP contribution in [0.15, 0.2) is 36.4 Å². The van der Waals surface area contributed by atoms with E-state index in [0.29, 0.717) is 20.8 Å². The van der Waals surface area contributed by atoms with Gasteiger partial charge in [-0.3, -0.25) is 9.59 Å². The van der Waals surface area contributed by atoms with Crippen LogP contribution in [0.2, 0.25) is 10.0 Å². The van der Waals surface area contributed by atoms with Crippen molar-refractivity contribution >= 4 is 56.4 Å². The molecule has 1 saturated heterocycles. The Morgan fingerprint density at radius 1 is 1.15 bits per heavy atom. The maximum atomic E-state index is 12.5. The number of hydrogen-bond acceptors (Lipinski definition) is 5. The number of halogens is 2. The number of carbonyl (C=O) groups excluding carboxylic acids is 2. The largest absolute Gasteiger partial charge is 0.495 e. The third-order valence-electron chi connectivity index (χ3n) is 3.92. The van der Waals surface area contributed by atoms with Crippen LogP contribution in [-0.2, 0) is 14.8 Å². The third kappa shape index (κ3) is 3.87. The van der Waals surface area contributed by atoms with E-state index >= 15 is 0 Å². The molecule has 27 heavy (non-hydrogen) atoms. The van der Waals surface area contributed by atoms with Gasteiger partial charge in [0.15, 0.2) is 0 Å². The number of sulfonamides is 1. The Morgan fingerprint density at radius 3 is 2.48 bits per heavy atom. The summed E-state index contributed by atoms with van der Waals surface area (Å²) in [6.45, 7) is 0. The minimum Gasteiger partial charge on any atom is -0.495 e. The highest BCUT2D eigenvalue weighted by Crippen LogP contribution is 2.33. The van der Waals surface area contributed by atoms with Gasteiger partial charge in [0.2, 0.25) is 15.9 Å². The summed E-state index contributed by atoms with van der Waals surface area (Å²) in [7, 11) is -2.32. The van der Waals surface area contributed by atoms with E-state index in [1.807, 2.05) is 0 Å². The molecule has 0 saturated carbocycles. The van der Waals surface area contributed by atoms with Crippen LogP contribution in [-0.4, -0.2) is 33.1 Å². The Bertz CT molecular complexity index is 1040. The Morgan fingerprint density at radius 2 is 1.89 bits per heavy atom. The number of ether oxygens (including phenoxy) is 1. The topological polar surface area (TPSA) is 92.8 Å². The number of anilines is 2. The highest BCUT2D eigenvalue weighted by atomic mass is 35.5. The summed E-state index contributed by atoms with van der Waals surface area (Å²) >= 11 is 12.1. The maximum absolute atomic E-state index is 12.5. The predicted molar refractivity (Wildman–Crippen MR) is 103 cm³/mol. The molecule has 10 heteroatoms. The van der Waals surface area contributed by atoms with Gasteiger partial charge in [0, 0.05) is 17.7 Å². The zero-order valence-electron chi connectivity index (χ0n) is 14.0. The van der Waals surface area contributed by atoms with Crippen LogP contribution in [0.5, 0.6) is 5.75 Å². The summed E-state index contributed by atoms with van der Waals surface area (Å²) in [5.74, 6) is -0.932. The average Bonchev–Trinajstić information content (AvgIpc) is 2.88. The van der Waals surface area contributed by atoms with Crippen LogP contribution in [0.4, 0.5) is 11.4 Å². The van der Waals surface area contributed by atoms with Crippen molar-refractivity contribution in [1.82, 2.24) is 0 Å². The smallest absolute Gasteiger partial charge is 0.255 e. The van der Waals surface area contributed by atoms with Gasteiger partial charge in [0.1, 0.15) is 5.75 Å². The van der Waals surface area contributed by atoms with Gasteiger partial charge >= 0.3 is 0 Å². The van der Waals surface area contributed by atoms with Gasteiger partial charge in [-0.1, -0.05) is 23.2 Å². The minimum atomic E-state index is -3.79. The van der Waals surface area contributed by atoms with Crippen LogP contribution in [0.3, 0.4) is 0 Å². The van der Waals surface area contributed by atoms with Gasteiger partial charge in [-0.15, -0.1) is 0 Å². The van der Waals surface area contributed by atoms with Crippen molar-refractivity contribution in [3.63, 3.8) is 0 Å². The standard InChI is InChI=1S/C17H14Cl2N2O5S/c1-26-15-5-3-11(9-13(15)19)20-17(23)10-2-4-12(18)14(8-10)21-16(22)6-7-27(21,24)25/h2-5,8-9H,6-7H2,1H3,(H,20,23). The van der Waals surface area contributed by atoms with Gasteiger partial charge in [-0.25, -0.2) is 12.7 Å². The van der Waals surface area contributed by atoms with Gasteiger partial charge < -0.3 is 10.1 Å². The molecule has 2 amide bonds. The van der Waals surface area contributed by atoms with Crippen LogP contribution in [0.25, 0.3) is 0 Å². The molecule has 0 bridgehead atoms. The van der Waals surface area contributed by atoms with E-state index in [0.717, 1.165) is 0 Å². The van der Waals surface area contributed by atoms with Gasteiger partial charge in [0.25, 0.3) is 5.91 Å². The van der Waals surface area contributed by atoms with Crippen molar-refractivity contribution in [2.45, 2.75) is 6.42 Å². The molecule has 0 spiro atoms. The van der Waals surface area contributed by atoms with Gasteiger partial charge in [-0.2, -0.15) is 0 Å². The van der Waals surface area contributed by atoms with Crippen LogP contribution in [0.1, 0.15) is 16.8 Å². The first-order valence-electron chi connectivity index (χ1n) is 7.73. The number of amides is 2. The summed E-state index contributed by atoms with van der Waals surface area (Å²) in [4.78, 5) is 24.5. The van der Waals surface area contributed by atoms with Crippen LogP contribution in [0, 0.1) is 0 Å². The number of nitrogens with zero attached hydrogens (tertiary/aromatic N) is 1. The number of benzene rings is 2. The number of carbonyl (C=O) groups is 2. The fourth-order valence-corrected chi connectivity index (χ4v) is 4.58. The van der Waals surface area contributed by atoms with Crippen molar-refractivity contribution in [1.29, 1.82) is 0 Å². The average molecular weight is 429 g/mol. The van der Waals surface area contributed by atoms with Crippen molar-refractivity contribution in [2.75, 3.05) is 22.5 Å². The van der Waals surface area contributed by atoms with E-state index in [2.05, 4.69) is 5.32 Å². The molecule has 142 valence electrons. The lowest BCUT2D eigenvalue weighted by Crippen LogP contribution is -2.29. The van der Waals surface area contributed by atoms with Crippen molar-refractivity contribution in [2.24, 2.45) is 0 Å². The molecule has 0 radical (unpaired) electrons. The number of nitrogens with one attached hydrogen (secondary N) is 1. The molecule has 0 atom stereocenters. The Hall–Kier alpha value is -2.29. The summed E-state index contributed by atoms with van der Waals surface area (Å²) in [5.41, 5.74) is 0.517. The first-order chi connectivity index (χ1) is 12.7. The van der Waals surface area contributed by atoms with E-state index in [9.17, 15) is 18.0 Å². The molecular formula is C17H14Cl2N2O5S. The normalized spacial score (nSPS) is 15.7. The molecule has 2 aromatic rings. The Kier molecular flexibility index (Phi) is 5.32. The number of rotatable bonds is 4. The second-order valence-electron chi connectivity index (χ2n) is 5.69. The van der Waals surface area contributed by atoms with Crippen molar-refractivity contribution < 1.29 is 22.7 Å². The molecule has 0 aromatic heterocycles. The first kappa shape index (κ1) is 19.5. The van der Waals surface area contributed by atoms with E-state index < -0.39 is 21.8 Å². The second-order valence-corrected chi connectivity index (χ2v) is 8.45. The number of methoxy groups -OCH3 is 1. The van der Waals surface area contributed by atoms with Gasteiger partial charge in [-0.05, 0) is 36.4 Å². The molecule has 1 heterocycles. The lowest BCUT2D eigenvalue weighted by atomic mass is 10.1. The lowest BCUT2D eigenvalue weighted by Gasteiger charge is -2.17. The molecule has 1 N–H and O–H groups in total. The summed E-state index contributed by atoms with van der Waals surface area (Å²) < 4.78 is 29.9. The van der Waals surface area contributed by atoms with E-state index in [-0.39, 0.29) is 28.4 Å². The quantitative estimate of drug-likeness (QED) is 0.805. The van der Waals surface area contributed by atoms with E-state index in [1.54, 1.807) is 12.1 Å². The third-order valence-corrected chi connectivity index (χ3v) is 6.21. The lowest BCUT2D eigenvalue weighted by molar-refractivity contribution is -0.116. The van der Waals surface area contributed by atoms with Gasteiger partial charge in [0.05, 0.1) is 28.6 Å². The zero-order valence-corrected chi connectivity index (χ0v) is 16.4. The summed E-state index contributed by atoms with van der Waals surface area (Å²) in [6.07, 6.45) is -0.126. The van der Waals surface area contributed by atoms with Crippen molar-refractivity contribution in [3.05, 3.63) is 52.0 Å². The molecule has 1 fully saturated rings. The maximum Gasteiger partial charge on any atom is 0.255 e. The zero-order chi connectivity index (χ0) is 19.8. The molecule has 3 rings (SSSR count). The molecule has 1 aliphatic heterocycles. The minimum absolute atomic E-state index is 0.0421. The number of hydrogen-bond donors (Lipinski definition) is 1.